The molecule has 7 heteroatoms. The van der Waals surface area contributed by atoms with E-state index in [1.807, 2.05) is 0 Å². The molecule has 0 saturated carbocycles. The summed E-state index contributed by atoms with van der Waals surface area (Å²) < 4.78 is 10.0. The Morgan fingerprint density at radius 3 is 2.38 bits per heavy atom. The lowest BCUT2D eigenvalue weighted by atomic mass is 10.1. The van der Waals surface area contributed by atoms with E-state index in [9.17, 15) is 14.7 Å². The highest BCUT2D eigenvalue weighted by atomic mass is 35.5. The van der Waals surface area contributed by atoms with Crippen LogP contribution in [-0.4, -0.2) is 29.9 Å². The standard InChI is InChI=1S/C14H18ClNO5/c1-14(2,3)21-13(19)16-11(12(17)18)8-5-6-10(20-4)9(15)7-8/h5-7,11H,1-4H3,(H,16,19)(H,17,18)/t11-/m1/s1. The molecule has 0 heterocycles. The van der Waals surface area contributed by atoms with Crippen molar-refractivity contribution in [1.82, 2.24) is 5.32 Å². The lowest BCUT2D eigenvalue weighted by Gasteiger charge is -2.22. The Bertz CT molecular complexity index is 539. The second-order valence-electron chi connectivity index (χ2n) is 5.31. The van der Waals surface area contributed by atoms with Crippen molar-refractivity contribution in [1.29, 1.82) is 0 Å². The molecule has 0 saturated heterocycles. The Labute approximate surface area is 128 Å². The molecule has 6 nitrogen and oxygen atoms in total. The largest absolute Gasteiger partial charge is 0.495 e. The number of carboxylic acids is 1. The van der Waals surface area contributed by atoms with Crippen molar-refractivity contribution in [2.75, 3.05) is 7.11 Å². The van der Waals surface area contributed by atoms with Crippen molar-refractivity contribution in [2.45, 2.75) is 32.4 Å². The number of halogens is 1. The zero-order valence-corrected chi connectivity index (χ0v) is 13.0. The van der Waals surface area contributed by atoms with Crippen LogP contribution in [0.15, 0.2) is 18.2 Å². The molecule has 1 amide bonds. The third-order valence-electron chi connectivity index (χ3n) is 2.42. The van der Waals surface area contributed by atoms with Gasteiger partial charge < -0.3 is 19.9 Å². The Morgan fingerprint density at radius 1 is 1.33 bits per heavy atom. The minimum Gasteiger partial charge on any atom is -0.495 e. The zero-order chi connectivity index (χ0) is 16.2. The van der Waals surface area contributed by atoms with Gasteiger partial charge in [-0.15, -0.1) is 0 Å². The number of benzene rings is 1. The Hall–Kier alpha value is -1.95. The quantitative estimate of drug-likeness (QED) is 0.892. The maximum Gasteiger partial charge on any atom is 0.408 e. The van der Waals surface area contributed by atoms with Crippen LogP contribution in [0, 0.1) is 0 Å². The molecule has 0 aliphatic carbocycles. The number of ether oxygens (including phenoxy) is 2. The number of hydrogen-bond donors (Lipinski definition) is 2. The highest BCUT2D eigenvalue weighted by Crippen LogP contribution is 2.28. The number of nitrogens with one attached hydrogen (secondary N) is 1. The molecular formula is C14H18ClNO5. The molecule has 21 heavy (non-hydrogen) atoms. The van der Waals surface area contributed by atoms with Gasteiger partial charge in [0.2, 0.25) is 0 Å². The van der Waals surface area contributed by atoms with Gasteiger partial charge in [0.05, 0.1) is 12.1 Å². The average molecular weight is 316 g/mol. The second kappa shape index (κ2) is 6.67. The van der Waals surface area contributed by atoms with Crippen molar-refractivity contribution >= 4 is 23.7 Å². The molecule has 1 atom stereocenters. The Balaban J connectivity index is 2.95. The van der Waals surface area contributed by atoms with E-state index in [0.717, 1.165) is 0 Å². The fourth-order valence-corrected chi connectivity index (χ4v) is 1.84. The van der Waals surface area contributed by atoms with Gasteiger partial charge in [0.1, 0.15) is 11.4 Å². The number of carbonyl (C=O) groups is 2. The minimum atomic E-state index is -1.26. The van der Waals surface area contributed by atoms with Gasteiger partial charge in [0.25, 0.3) is 0 Å². The number of alkyl carbamates (subject to hydrolysis) is 1. The van der Waals surface area contributed by atoms with Crippen molar-refractivity contribution in [3.05, 3.63) is 28.8 Å². The normalized spacial score (nSPS) is 12.4. The van der Waals surface area contributed by atoms with Crippen LogP contribution in [0.25, 0.3) is 0 Å². The predicted octanol–water partition coefficient (Wildman–Crippen LogP) is 3.00. The first-order valence-electron chi connectivity index (χ1n) is 6.20. The number of methoxy groups -OCH3 is 1. The van der Waals surface area contributed by atoms with Crippen molar-refractivity contribution in [3.8, 4) is 5.75 Å². The molecule has 2 N–H and O–H groups in total. The van der Waals surface area contributed by atoms with Crippen molar-refractivity contribution in [3.63, 3.8) is 0 Å². The van der Waals surface area contributed by atoms with Gasteiger partial charge in [0.15, 0.2) is 6.04 Å². The number of hydrogen-bond acceptors (Lipinski definition) is 4. The summed E-state index contributed by atoms with van der Waals surface area (Å²) in [7, 11) is 1.45. The topological polar surface area (TPSA) is 84.9 Å². The fraction of sp³-hybridized carbons (Fsp3) is 0.429. The van der Waals surface area contributed by atoms with Crippen LogP contribution < -0.4 is 10.1 Å². The van der Waals surface area contributed by atoms with E-state index in [-0.39, 0.29) is 5.02 Å². The SMILES string of the molecule is COc1ccc([C@@H](NC(=O)OC(C)(C)C)C(=O)O)cc1Cl. The number of carboxylic acid groups (broad SMARTS) is 1. The highest BCUT2D eigenvalue weighted by molar-refractivity contribution is 6.32. The van der Waals surface area contributed by atoms with Gasteiger partial charge in [0, 0.05) is 0 Å². The van der Waals surface area contributed by atoms with E-state index >= 15 is 0 Å². The third-order valence-corrected chi connectivity index (χ3v) is 2.71. The van der Waals surface area contributed by atoms with Crippen molar-refractivity contribution in [2.24, 2.45) is 0 Å². The van der Waals surface area contributed by atoms with Crippen LogP contribution in [-0.2, 0) is 9.53 Å². The first-order chi connectivity index (χ1) is 9.64. The number of aliphatic carboxylic acids is 1. The molecule has 0 fully saturated rings. The summed E-state index contributed by atoms with van der Waals surface area (Å²) in [5, 5.41) is 11.8. The first kappa shape index (κ1) is 17.1. The molecule has 116 valence electrons. The molecule has 0 bridgehead atoms. The lowest BCUT2D eigenvalue weighted by molar-refractivity contribution is -0.139. The summed E-state index contributed by atoms with van der Waals surface area (Å²) in [6.45, 7) is 5.06. The van der Waals surface area contributed by atoms with E-state index in [1.165, 1.54) is 25.3 Å². The van der Waals surface area contributed by atoms with E-state index in [1.54, 1.807) is 20.8 Å². The summed E-state index contributed by atoms with van der Waals surface area (Å²) in [5.41, 5.74) is -0.399. The Morgan fingerprint density at radius 2 is 1.95 bits per heavy atom. The molecule has 0 aliphatic heterocycles. The number of rotatable bonds is 4. The molecule has 1 aromatic carbocycles. The monoisotopic (exact) mass is 315 g/mol. The van der Waals surface area contributed by atoms with E-state index in [2.05, 4.69) is 5.32 Å². The van der Waals surface area contributed by atoms with Crippen LogP contribution in [0.2, 0.25) is 5.02 Å². The first-order valence-corrected chi connectivity index (χ1v) is 6.57. The smallest absolute Gasteiger partial charge is 0.408 e. The maximum absolute atomic E-state index is 11.7. The summed E-state index contributed by atoms with van der Waals surface area (Å²) in [4.78, 5) is 23.0. The zero-order valence-electron chi connectivity index (χ0n) is 12.3. The maximum atomic E-state index is 11.7. The predicted molar refractivity (Wildman–Crippen MR) is 77.8 cm³/mol. The number of carbonyl (C=O) groups excluding carboxylic acids is 1. The van der Waals surface area contributed by atoms with Crippen LogP contribution in [0.3, 0.4) is 0 Å². The molecule has 1 rings (SSSR count). The van der Waals surface area contributed by atoms with Crippen LogP contribution in [0.5, 0.6) is 5.75 Å². The van der Waals surface area contributed by atoms with E-state index in [4.69, 9.17) is 21.1 Å². The number of amides is 1. The van der Waals surface area contributed by atoms with Crippen molar-refractivity contribution < 1.29 is 24.2 Å². The summed E-state index contributed by atoms with van der Waals surface area (Å²) in [5.74, 6) is -0.802. The summed E-state index contributed by atoms with van der Waals surface area (Å²) in [6, 6.07) is 3.21. The van der Waals surface area contributed by atoms with Gasteiger partial charge in [-0.05, 0) is 38.5 Å². The lowest BCUT2D eigenvalue weighted by Crippen LogP contribution is -2.38. The van der Waals surface area contributed by atoms with Gasteiger partial charge in [-0.25, -0.2) is 9.59 Å². The molecule has 0 aliphatic rings. The summed E-state index contributed by atoms with van der Waals surface area (Å²) in [6.07, 6.45) is -0.818. The third kappa shape index (κ3) is 5.15. The van der Waals surface area contributed by atoms with Gasteiger partial charge in [-0.2, -0.15) is 0 Å². The molecule has 0 radical (unpaired) electrons. The Kier molecular flexibility index (Phi) is 5.43. The fourth-order valence-electron chi connectivity index (χ4n) is 1.58. The minimum absolute atomic E-state index is 0.257. The molecular weight excluding hydrogens is 298 g/mol. The molecule has 0 aromatic heterocycles. The van der Waals surface area contributed by atoms with E-state index in [0.29, 0.717) is 11.3 Å². The van der Waals surface area contributed by atoms with Gasteiger partial charge in [-0.3, -0.25) is 0 Å². The van der Waals surface area contributed by atoms with Gasteiger partial charge in [-0.1, -0.05) is 17.7 Å². The van der Waals surface area contributed by atoms with Crippen LogP contribution in [0.1, 0.15) is 32.4 Å². The van der Waals surface area contributed by atoms with Crippen LogP contribution in [0.4, 0.5) is 4.79 Å². The molecule has 0 unspecified atom stereocenters. The average Bonchev–Trinajstić information content (AvgIpc) is 2.33. The van der Waals surface area contributed by atoms with Gasteiger partial charge >= 0.3 is 12.1 Å². The second-order valence-corrected chi connectivity index (χ2v) is 5.72. The molecule has 1 aromatic rings. The van der Waals surface area contributed by atoms with E-state index < -0.39 is 23.7 Å². The molecule has 0 spiro atoms. The summed E-state index contributed by atoms with van der Waals surface area (Å²) >= 11 is 5.96. The van der Waals surface area contributed by atoms with Crippen LogP contribution >= 0.6 is 11.6 Å². The highest BCUT2D eigenvalue weighted by Gasteiger charge is 2.26.